The van der Waals surface area contributed by atoms with Gasteiger partial charge >= 0.3 is 0 Å². The smallest absolute Gasteiger partial charge is 0.213 e. The average molecular weight is 332 g/mol. The van der Waals surface area contributed by atoms with Gasteiger partial charge in [-0.25, -0.2) is 15.0 Å². The fourth-order valence-electron chi connectivity index (χ4n) is 1.95. The Labute approximate surface area is 137 Å². The lowest BCUT2D eigenvalue weighted by molar-refractivity contribution is 0.232. The molecule has 0 saturated heterocycles. The Morgan fingerprint density at radius 2 is 1.95 bits per heavy atom. The number of pyridine rings is 2. The number of hydrogen-bond donors (Lipinski definition) is 0. The first kappa shape index (κ1) is 14.9. The first-order valence-electron chi connectivity index (χ1n) is 6.82. The Morgan fingerprint density at radius 3 is 2.59 bits per heavy atom. The molecule has 0 spiro atoms. The van der Waals surface area contributed by atoms with E-state index in [0.717, 1.165) is 22.0 Å². The molecule has 6 heteroatoms. The molecule has 0 radical (unpaired) electrons. The molecule has 0 atom stereocenters. The van der Waals surface area contributed by atoms with Crippen molar-refractivity contribution in [3.63, 3.8) is 0 Å². The minimum atomic E-state index is 0.0964. The summed E-state index contributed by atoms with van der Waals surface area (Å²) in [7, 11) is 0. The summed E-state index contributed by atoms with van der Waals surface area (Å²) in [4.78, 5) is 13.2. The van der Waals surface area contributed by atoms with Crippen LogP contribution < -0.4 is 4.74 Å². The van der Waals surface area contributed by atoms with E-state index in [1.54, 1.807) is 12.4 Å². The molecule has 112 valence electrons. The highest BCUT2D eigenvalue weighted by atomic mass is 35.5. The number of hydrogen-bond acceptors (Lipinski definition) is 5. The Morgan fingerprint density at radius 1 is 1.14 bits per heavy atom. The maximum atomic E-state index is 6.21. The lowest BCUT2D eigenvalue weighted by Gasteiger charge is -2.09. The van der Waals surface area contributed by atoms with Crippen molar-refractivity contribution in [1.82, 2.24) is 15.0 Å². The summed E-state index contributed by atoms with van der Waals surface area (Å²) in [6.45, 7) is 3.93. The summed E-state index contributed by atoms with van der Waals surface area (Å²) >= 11 is 7.74. The Hall–Kier alpha value is -1.98. The van der Waals surface area contributed by atoms with Crippen LogP contribution in [0.1, 0.15) is 13.8 Å². The molecule has 3 heterocycles. The average Bonchev–Trinajstić information content (AvgIpc) is 3.01. The zero-order chi connectivity index (χ0) is 15.5. The molecular formula is C16H14ClN3OS. The van der Waals surface area contributed by atoms with Gasteiger partial charge in [-0.3, -0.25) is 0 Å². The number of nitrogens with zero attached hydrogens (tertiary/aromatic N) is 3. The molecule has 0 N–H and O–H groups in total. The van der Waals surface area contributed by atoms with Crippen molar-refractivity contribution < 1.29 is 4.74 Å². The van der Waals surface area contributed by atoms with Gasteiger partial charge in [0.1, 0.15) is 10.7 Å². The number of aromatic nitrogens is 3. The van der Waals surface area contributed by atoms with Crippen molar-refractivity contribution in [1.29, 1.82) is 0 Å². The fourth-order valence-corrected chi connectivity index (χ4v) is 2.75. The lowest BCUT2D eigenvalue weighted by Crippen LogP contribution is -2.06. The van der Waals surface area contributed by atoms with Gasteiger partial charge in [0.15, 0.2) is 0 Å². The lowest BCUT2D eigenvalue weighted by atomic mass is 10.2. The highest BCUT2D eigenvalue weighted by molar-refractivity contribution is 7.13. The van der Waals surface area contributed by atoms with Crippen molar-refractivity contribution >= 4 is 22.9 Å². The standard InChI is InChI=1S/C16H14ClN3OS/c1-10(2)21-15-4-3-11(9-19-15)13-7-12(17)8-14(20-13)16-18-5-6-22-16/h3-10H,1-2H3. The topological polar surface area (TPSA) is 47.9 Å². The monoisotopic (exact) mass is 331 g/mol. The molecule has 0 saturated carbocycles. The van der Waals surface area contributed by atoms with Gasteiger partial charge in [-0.15, -0.1) is 11.3 Å². The first-order valence-corrected chi connectivity index (χ1v) is 8.08. The molecule has 3 aromatic rings. The largest absolute Gasteiger partial charge is 0.475 e. The van der Waals surface area contributed by atoms with Crippen LogP contribution in [0.4, 0.5) is 0 Å². The van der Waals surface area contributed by atoms with E-state index in [9.17, 15) is 0 Å². The third-order valence-corrected chi connectivity index (χ3v) is 3.84. The SMILES string of the molecule is CC(C)Oc1ccc(-c2cc(Cl)cc(-c3nccs3)n2)cn1. The van der Waals surface area contributed by atoms with E-state index >= 15 is 0 Å². The predicted molar refractivity (Wildman–Crippen MR) is 89.4 cm³/mol. The van der Waals surface area contributed by atoms with Gasteiger partial charge in [-0.2, -0.15) is 0 Å². The molecule has 0 bridgehead atoms. The quantitative estimate of drug-likeness (QED) is 0.694. The summed E-state index contributed by atoms with van der Waals surface area (Å²) in [5.74, 6) is 0.598. The van der Waals surface area contributed by atoms with Gasteiger partial charge in [0.2, 0.25) is 5.88 Å². The number of halogens is 1. The normalized spacial score (nSPS) is 10.9. The van der Waals surface area contributed by atoms with Crippen LogP contribution >= 0.6 is 22.9 Å². The van der Waals surface area contributed by atoms with E-state index in [4.69, 9.17) is 16.3 Å². The molecule has 0 aliphatic heterocycles. The molecule has 3 aromatic heterocycles. The van der Waals surface area contributed by atoms with E-state index < -0.39 is 0 Å². The molecule has 0 amide bonds. The van der Waals surface area contributed by atoms with Crippen LogP contribution in [0, 0.1) is 0 Å². The molecule has 0 unspecified atom stereocenters. The zero-order valence-corrected chi connectivity index (χ0v) is 13.7. The second-order valence-corrected chi connectivity index (χ2v) is 6.28. The Kier molecular flexibility index (Phi) is 4.36. The van der Waals surface area contributed by atoms with Crippen LogP contribution in [0.15, 0.2) is 42.0 Å². The summed E-state index contributed by atoms with van der Waals surface area (Å²) < 4.78 is 5.55. The maximum absolute atomic E-state index is 6.21. The first-order chi connectivity index (χ1) is 10.6. The molecule has 0 aromatic carbocycles. The third kappa shape index (κ3) is 3.43. The molecule has 0 aliphatic rings. The summed E-state index contributed by atoms with van der Waals surface area (Å²) in [5.41, 5.74) is 2.41. The van der Waals surface area contributed by atoms with Crippen molar-refractivity contribution in [2.24, 2.45) is 0 Å². The van der Waals surface area contributed by atoms with E-state index in [1.807, 2.05) is 43.5 Å². The predicted octanol–water partition coefficient (Wildman–Crippen LogP) is 4.71. The molecular weight excluding hydrogens is 318 g/mol. The zero-order valence-electron chi connectivity index (χ0n) is 12.2. The summed E-state index contributed by atoms with van der Waals surface area (Å²) in [6, 6.07) is 7.39. The Bertz CT molecular complexity index is 758. The maximum Gasteiger partial charge on any atom is 0.213 e. The fraction of sp³-hybridized carbons (Fsp3) is 0.188. The molecule has 0 fully saturated rings. The van der Waals surface area contributed by atoms with Gasteiger partial charge in [0.25, 0.3) is 0 Å². The highest BCUT2D eigenvalue weighted by Gasteiger charge is 2.09. The van der Waals surface area contributed by atoms with Crippen LogP contribution in [-0.4, -0.2) is 21.1 Å². The number of thiazole rings is 1. The third-order valence-electron chi connectivity index (χ3n) is 2.83. The molecule has 0 aliphatic carbocycles. The number of rotatable bonds is 4. The molecule has 22 heavy (non-hydrogen) atoms. The Balaban J connectivity index is 1.94. The summed E-state index contributed by atoms with van der Waals surface area (Å²) in [5, 5.41) is 3.38. The van der Waals surface area contributed by atoms with E-state index in [1.165, 1.54) is 11.3 Å². The van der Waals surface area contributed by atoms with Crippen LogP contribution in [0.25, 0.3) is 22.0 Å². The van der Waals surface area contributed by atoms with E-state index in [-0.39, 0.29) is 6.10 Å². The second-order valence-electron chi connectivity index (χ2n) is 4.94. The van der Waals surface area contributed by atoms with Crippen molar-refractivity contribution in [3.05, 3.63) is 47.1 Å². The molecule has 4 nitrogen and oxygen atoms in total. The van der Waals surface area contributed by atoms with Crippen LogP contribution in [0.5, 0.6) is 5.88 Å². The minimum absolute atomic E-state index is 0.0964. The summed E-state index contributed by atoms with van der Waals surface area (Å²) in [6.07, 6.45) is 3.59. The van der Waals surface area contributed by atoms with Gasteiger partial charge in [0.05, 0.1) is 11.8 Å². The van der Waals surface area contributed by atoms with Gasteiger partial charge in [0, 0.05) is 34.4 Å². The van der Waals surface area contributed by atoms with Crippen molar-refractivity contribution in [2.45, 2.75) is 20.0 Å². The van der Waals surface area contributed by atoms with E-state index in [2.05, 4.69) is 15.0 Å². The van der Waals surface area contributed by atoms with Crippen LogP contribution in [-0.2, 0) is 0 Å². The van der Waals surface area contributed by atoms with Crippen molar-refractivity contribution in [3.8, 4) is 27.8 Å². The highest BCUT2D eigenvalue weighted by Crippen LogP contribution is 2.28. The number of ether oxygens (including phenoxy) is 1. The van der Waals surface area contributed by atoms with Gasteiger partial charge < -0.3 is 4.74 Å². The van der Waals surface area contributed by atoms with E-state index in [0.29, 0.717) is 10.9 Å². The van der Waals surface area contributed by atoms with Crippen LogP contribution in [0.3, 0.4) is 0 Å². The van der Waals surface area contributed by atoms with Gasteiger partial charge in [-0.1, -0.05) is 11.6 Å². The molecule has 3 rings (SSSR count). The second kappa shape index (κ2) is 6.42. The van der Waals surface area contributed by atoms with Gasteiger partial charge in [-0.05, 0) is 32.0 Å². The van der Waals surface area contributed by atoms with Crippen LogP contribution in [0.2, 0.25) is 5.02 Å². The minimum Gasteiger partial charge on any atom is -0.475 e. The van der Waals surface area contributed by atoms with Crippen molar-refractivity contribution in [2.75, 3.05) is 0 Å².